The molecule has 4 aromatic carbocycles. The van der Waals surface area contributed by atoms with Gasteiger partial charge in [0, 0.05) is 22.5 Å². The van der Waals surface area contributed by atoms with Gasteiger partial charge in [-0.25, -0.2) is 24.4 Å². The van der Waals surface area contributed by atoms with Crippen molar-refractivity contribution in [2.75, 3.05) is 10.6 Å². The van der Waals surface area contributed by atoms with Crippen molar-refractivity contribution in [3.8, 4) is 22.8 Å². The van der Waals surface area contributed by atoms with Crippen LogP contribution in [-0.4, -0.2) is 48.1 Å². The summed E-state index contributed by atoms with van der Waals surface area (Å²) in [5, 5.41) is 24.1. The quantitative estimate of drug-likeness (QED) is 0.157. The van der Waals surface area contributed by atoms with Gasteiger partial charge in [-0.3, -0.25) is 0 Å². The molecule has 2 heterocycles. The smallest absolute Gasteiger partial charge is 0.335 e. The number of rotatable bonds is 6. The summed E-state index contributed by atoms with van der Waals surface area (Å²) >= 11 is 0. The van der Waals surface area contributed by atoms with E-state index in [0.29, 0.717) is 56.2 Å². The molecule has 0 aliphatic rings. The zero-order valence-electron chi connectivity index (χ0n) is 20.6. The molecule has 6 rings (SSSR count). The first kappa shape index (κ1) is 24.4. The Bertz CT molecular complexity index is 1820. The van der Waals surface area contributed by atoms with E-state index in [1.807, 2.05) is 12.1 Å². The van der Waals surface area contributed by atoms with Crippen molar-refractivity contribution in [2.24, 2.45) is 0 Å². The third-order valence-electron chi connectivity index (χ3n) is 6.25. The second-order valence-electron chi connectivity index (χ2n) is 8.99. The number of aromatic carboxylic acids is 2. The van der Waals surface area contributed by atoms with Crippen LogP contribution in [0.5, 0.6) is 0 Å². The van der Waals surface area contributed by atoms with Crippen LogP contribution < -0.4 is 10.6 Å². The molecule has 6 aromatic rings. The molecule has 0 unspecified atom stereocenters. The van der Waals surface area contributed by atoms with Crippen molar-refractivity contribution in [3.63, 3.8) is 0 Å². The highest BCUT2D eigenvalue weighted by Gasteiger charge is 2.12. The molecule has 0 saturated heterocycles. The van der Waals surface area contributed by atoms with Gasteiger partial charge in [-0.05, 0) is 60.7 Å². The Morgan fingerprint density at radius 2 is 1.05 bits per heavy atom. The van der Waals surface area contributed by atoms with E-state index in [0.717, 1.165) is 0 Å². The number of H-pyrrole nitrogens is 2. The number of carboxylic acid groups (broad SMARTS) is 2. The van der Waals surface area contributed by atoms with Crippen LogP contribution in [0.1, 0.15) is 20.7 Å². The Kier molecular flexibility index (Phi) is 5.93. The zero-order chi connectivity index (χ0) is 27.8. The van der Waals surface area contributed by atoms with Crippen molar-refractivity contribution in [2.45, 2.75) is 0 Å². The molecule has 0 saturated carbocycles. The van der Waals surface area contributed by atoms with Gasteiger partial charge in [0.1, 0.15) is 11.6 Å². The van der Waals surface area contributed by atoms with E-state index < -0.39 is 18.0 Å². The number of fused-ring (bicyclic) bond motifs is 2. The molecule has 0 atom stereocenters. The van der Waals surface area contributed by atoms with Gasteiger partial charge in [0.2, 0.25) is 0 Å². The van der Waals surface area contributed by atoms with E-state index in [1.165, 1.54) is 24.3 Å². The number of hydrogen-bond acceptors (Lipinski definition) is 5. The van der Waals surface area contributed by atoms with Gasteiger partial charge < -0.3 is 30.8 Å². The monoisotopic (exact) mass is 532 g/mol. The average Bonchev–Trinajstić information content (AvgIpc) is 3.57. The summed E-state index contributed by atoms with van der Waals surface area (Å²) in [6.07, 6.45) is 0. The van der Waals surface area contributed by atoms with Crippen molar-refractivity contribution in [3.05, 3.63) is 96.1 Å². The van der Waals surface area contributed by atoms with E-state index >= 15 is 0 Å². The van der Waals surface area contributed by atoms with E-state index in [1.54, 1.807) is 48.5 Å². The number of benzene rings is 4. The number of anilines is 2. The molecule has 2 amide bonds. The SMILES string of the molecule is O=C(Nc1cccc(-c2nc3ccc(C(=O)O)cc3[nH]2)c1)Nc1cccc(-c2nc3ccc(C(=O)O)cc3[nH]2)c1. The molecule has 11 nitrogen and oxygen atoms in total. The van der Waals surface area contributed by atoms with Crippen molar-refractivity contribution < 1.29 is 24.6 Å². The summed E-state index contributed by atoms with van der Waals surface area (Å²) in [5.41, 5.74) is 5.25. The maximum atomic E-state index is 12.8. The molecule has 0 aliphatic heterocycles. The highest BCUT2D eigenvalue weighted by Crippen LogP contribution is 2.26. The number of nitrogens with one attached hydrogen (secondary N) is 4. The van der Waals surface area contributed by atoms with E-state index in [2.05, 4.69) is 30.6 Å². The number of aromatic nitrogens is 4. The van der Waals surface area contributed by atoms with Crippen LogP contribution in [0.3, 0.4) is 0 Å². The molecule has 6 N–H and O–H groups in total. The molecule has 196 valence electrons. The number of urea groups is 1. The molecule has 40 heavy (non-hydrogen) atoms. The summed E-state index contributed by atoms with van der Waals surface area (Å²) in [4.78, 5) is 50.6. The van der Waals surface area contributed by atoms with Gasteiger partial charge in [-0.15, -0.1) is 0 Å². The molecule has 0 bridgehead atoms. The molecule has 0 fully saturated rings. The van der Waals surface area contributed by atoms with Crippen LogP contribution in [0.4, 0.5) is 16.2 Å². The summed E-state index contributed by atoms with van der Waals surface area (Å²) in [6.45, 7) is 0. The van der Waals surface area contributed by atoms with Gasteiger partial charge >= 0.3 is 18.0 Å². The third kappa shape index (κ3) is 4.82. The van der Waals surface area contributed by atoms with E-state index in [4.69, 9.17) is 0 Å². The number of amides is 2. The summed E-state index contributed by atoms with van der Waals surface area (Å²) < 4.78 is 0. The lowest BCUT2D eigenvalue weighted by Crippen LogP contribution is -2.19. The van der Waals surface area contributed by atoms with Crippen LogP contribution >= 0.6 is 0 Å². The van der Waals surface area contributed by atoms with Crippen LogP contribution in [-0.2, 0) is 0 Å². The van der Waals surface area contributed by atoms with Gasteiger partial charge in [0.05, 0.1) is 33.2 Å². The lowest BCUT2D eigenvalue weighted by Gasteiger charge is -2.09. The number of carbonyl (C=O) groups excluding carboxylic acids is 1. The predicted octanol–water partition coefficient (Wildman–Crippen LogP) is 5.81. The van der Waals surface area contributed by atoms with Crippen molar-refractivity contribution >= 4 is 51.4 Å². The average molecular weight is 533 g/mol. The highest BCUT2D eigenvalue weighted by molar-refractivity contribution is 6.00. The summed E-state index contributed by atoms with van der Waals surface area (Å²) in [6, 6.07) is 23.1. The fourth-order valence-electron chi connectivity index (χ4n) is 4.34. The van der Waals surface area contributed by atoms with Crippen molar-refractivity contribution in [1.29, 1.82) is 0 Å². The molecule has 0 aliphatic carbocycles. The molecular formula is C29H20N6O5. The molecule has 11 heteroatoms. The first-order chi connectivity index (χ1) is 19.3. The molecular weight excluding hydrogens is 512 g/mol. The van der Waals surface area contributed by atoms with Gasteiger partial charge in [-0.1, -0.05) is 24.3 Å². The Morgan fingerprint density at radius 3 is 1.48 bits per heavy atom. The number of hydrogen-bond donors (Lipinski definition) is 6. The van der Waals surface area contributed by atoms with Gasteiger partial charge in [0.15, 0.2) is 0 Å². The van der Waals surface area contributed by atoms with Crippen LogP contribution in [0.15, 0.2) is 84.9 Å². The minimum absolute atomic E-state index is 0.159. The first-order valence-electron chi connectivity index (χ1n) is 12.1. The maximum Gasteiger partial charge on any atom is 0.335 e. The zero-order valence-corrected chi connectivity index (χ0v) is 20.6. The first-order valence-corrected chi connectivity index (χ1v) is 12.1. The largest absolute Gasteiger partial charge is 0.478 e. The number of imidazole rings is 2. The molecule has 0 spiro atoms. The highest BCUT2D eigenvalue weighted by atomic mass is 16.4. The number of carbonyl (C=O) groups is 3. The van der Waals surface area contributed by atoms with Crippen LogP contribution in [0.2, 0.25) is 0 Å². The number of carboxylic acids is 2. The second kappa shape index (κ2) is 9.72. The Hall–Kier alpha value is -5.97. The molecule has 0 radical (unpaired) electrons. The number of aromatic amines is 2. The lowest BCUT2D eigenvalue weighted by atomic mass is 10.2. The lowest BCUT2D eigenvalue weighted by molar-refractivity contribution is 0.0686. The standard InChI is InChI=1S/C29H20N6O5/c36-27(37)17-7-9-21-23(13-17)34-25(32-21)15-3-1-5-19(11-15)30-29(40)31-20-6-2-4-16(12-20)26-33-22-10-8-18(28(38)39)14-24(22)35-26/h1-14H,(H,32,34)(H,33,35)(H,36,37)(H,38,39)(H2,30,31,40). The third-order valence-corrected chi connectivity index (χ3v) is 6.25. The predicted molar refractivity (Wildman–Crippen MR) is 150 cm³/mol. The molecule has 2 aromatic heterocycles. The Labute approximate surface area is 225 Å². The van der Waals surface area contributed by atoms with Crippen molar-refractivity contribution in [1.82, 2.24) is 19.9 Å². The van der Waals surface area contributed by atoms with E-state index in [9.17, 15) is 24.6 Å². The van der Waals surface area contributed by atoms with Gasteiger partial charge in [-0.2, -0.15) is 0 Å². The van der Waals surface area contributed by atoms with Crippen LogP contribution in [0, 0.1) is 0 Å². The van der Waals surface area contributed by atoms with Crippen LogP contribution in [0.25, 0.3) is 44.8 Å². The number of nitrogens with zero attached hydrogens (tertiary/aromatic N) is 2. The Balaban J connectivity index is 1.18. The summed E-state index contributed by atoms with van der Waals surface area (Å²) in [5.74, 6) is -0.966. The normalized spacial score (nSPS) is 11.0. The van der Waals surface area contributed by atoms with Gasteiger partial charge in [0.25, 0.3) is 0 Å². The fraction of sp³-hybridized carbons (Fsp3) is 0. The second-order valence-corrected chi connectivity index (χ2v) is 8.99. The topological polar surface area (TPSA) is 173 Å². The minimum atomic E-state index is -1.02. The Morgan fingerprint density at radius 1 is 0.600 bits per heavy atom. The fourth-order valence-corrected chi connectivity index (χ4v) is 4.34. The maximum absolute atomic E-state index is 12.8. The summed E-state index contributed by atoms with van der Waals surface area (Å²) in [7, 11) is 0. The minimum Gasteiger partial charge on any atom is -0.478 e. The van der Waals surface area contributed by atoms with E-state index in [-0.39, 0.29) is 11.1 Å².